The normalized spacial score (nSPS) is 23.1. The van der Waals surface area contributed by atoms with Crippen LogP contribution in [0.15, 0.2) is 18.2 Å². The topological polar surface area (TPSA) is 30.5 Å². The van der Waals surface area contributed by atoms with Crippen LogP contribution < -0.4 is 10.1 Å². The van der Waals surface area contributed by atoms with E-state index in [-0.39, 0.29) is 0 Å². The van der Waals surface area contributed by atoms with Crippen LogP contribution in [-0.2, 0) is 4.74 Å². The van der Waals surface area contributed by atoms with Crippen LogP contribution in [0.5, 0.6) is 5.75 Å². The first-order chi connectivity index (χ1) is 9.22. The van der Waals surface area contributed by atoms with Crippen LogP contribution in [0.2, 0.25) is 0 Å². The molecule has 1 aliphatic heterocycles. The zero-order valence-corrected chi connectivity index (χ0v) is 12.2. The summed E-state index contributed by atoms with van der Waals surface area (Å²) < 4.78 is 11.4. The average molecular weight is 263 g/mol. The molecule has 0 amide bonds. The summed E-state index contributed by atoms with van der Waals surface area (Å²) in [4.78, 5) is 0. The van der Waals surface area contributed by atoms with Gasteiger partial charge in [-0.2, -0.15) is 0 Å². The molecule has 1 saturated heterocycles. The molecule has 1 aromatic carbocycles. The molecule has 0 radical (unpaired) electrons. The molecule has 2 atom stereocenters. The predicted octanol–water partition coefficient (Wildman–Crippen LogP) is 3.76. The van der Waals surface area contributed by atoms with Gasteiger partial charge in [0.2, 0.25) is 0 Å². The van der Waals surface area contributed by atoms with Crippen molar-refractivity contribution in [3.8, 4) is 5.75 Å². The van der Waals surface area contributed by atoms with Crippen LogP contribution >= 0.6 is 0 Å². The summed E-state index contributed by atoms with van der Waals surface area (Å²) in [6.07, 6.45) is 3.63. The van der Waals surface area contributed by atoms with Gasteiger partial charge in [0.1, 0.15) is 5.75 Å². The number of benzene rings is 1. The Kier molecular flexibility index (Phi) is 5.08. The van der Waals surface area contributed by atoms with E-state index in [1.807, 2.05) is 6.92 Å². The van der Waals surface area contributed by atoms with Gasteiger partial charge in [-0.15, -0.1) is 0 Å². The second-order valence-electron chi connectivity index (χ2n) is 5.20. The van der Waals surface area contributed by atoms with Gasteiger partial charge in [-0.05, 0) is 50.8 Å². The van der Waals surface area contributed by atoms with Crippen LogP contribution in [0.4, 0.5) is 5.69 Å². The minimum absolute atomic E-state index is 0.396. The van der Waals surface area contributed by atoms with Gasteiger partial charge in [-0.1, -0.05) is 13.0 Å². The third-order valence-corrected chi connectivity index (χ3v) is 3.62. The third kappa shape index (κ3) is 3.87. The Morgan fingerprint density at radius 1 is 1.37 bits per heavy atom. The van der Waals surface area contributed by atoms with Crippen molar-refractivity contribution in [2.24, 2.45) is 0 Å². The molecule has 0 spiro atoms. The number of hydrogen-bond donors (Lipinski definition) is 1. The van der Waals surface area contributed by atoms with Gasteiger partial charge in [-0.25, -0.2) is 0 Å². The maximum atomic E-state index is 5.72. The van der Waals surface area contributed by atoms with Crippen molar-refractivity contribution in [2.75, 3.05) is 18.5 Å². The second-order valence-corrected chi connectivity index (χ2v) is 5.20. The van der Waals surface area contributed by atoms with Crippen molar-refractivity contribution < 1.29 is 9.47 Å². The van der Waals surface area contributed by atoms with E-state index in [9.17, 15) is 0 Å². The van der Waals surface area contributed by atoms with Crippen LogP contribution in [-0.4, -0.2) is 25.4 Å². The Morgan fingerprint density at radius 2 is 2.21 bits per heavy atom. The van der Waals surface area contributed by atoms with Crippen LogP contribution in [0.1, 0.15) is 38.7 Å². The number of rotatable bonds is 5. The van der Waals surface area contributed by atoms with E-state index in [0.29, 0.717) is 18.8 Å². The highest BCUT2D eigenvalue weighted by atomic mass is 16.5. The molecule has 1 aromatic rings. The van der Waals surface area contributed by atoms with Crippen LogP contribution in [0, 0.1) is 6.92 Å². The van der Waals surface area contributed by atoms with Crippen molar-refractivity contribution in [1.29, 1.82) is 0 Å². The maximum Gasteiger partial charge on any atom is 0.142 e. The Bertz CT molecular complexity index is 406. The molecule has 1 N–H and O–H groups in total. The molecule has 1 aliphatic rings. The van der Waals surface area contributed by atoms with E-state index in [4.69, 9.17) is 9.47 Å². The number of aryl methyl sites for hydroxylation is 1. The zero-order chi connectivity index (χ0) is 13.7. The van der Waals surface area contributed by atoms with Gasteiger partial charge in [0, 0.05) is 12.6 Å². The third-order valence-electron chi connectivity index (χ3n) is 3.62. The number of anilines is 1. The standard InChI is InChI=1S/C16H25NO2/c1-4-14-11-13(8-9-19-14)17-15-7-6-12(3)10-16(15)18-5-2/h6-7,10,13-14,17H,4-5,8-9,11H2,1-3H3. The molecule has 0 saturated carbocycles. The molecular formula is C16H25NO2. The largest absolute Gasteiger partial charge is 0.492 e. The Labute approximate surface area is 116 Å². The van der Waals surface area contributed by atoms with Gasteiger partial charge in [0.15, 0.2) is 0 Å². The van der Waals surface area contributed by atoms with Crippen molar-refractivity contribution in [1.82, 2.24) is 0 Å². The molecule has 1 fully saturated rings. The average Bonchev–Trinajstić information content (AvgIpc) is 2.42. The van der Waals surface area contributed by atoms with Crippen molar-refractivity contribution in [2.45, 2.75) is 52.2 Å². The lowest BCUT2D eigenvalue weighted by atomic mass is 10.0. The predicted molar refractivity (Wildman–Crippen MR) is 79.0 cm³/mol. The molecule has 2 rings (SSSR count). The lowest BCUT2D eigenvalue weighted by molar-refractivity contribution is 0.00922. The van der Waals surface area contributed by atoms with E-state index in [1.165, 1.54) is 5.56 Å². The van der Waals surface area contributed by atoms with Gasteiger partial charge in [0.05, 0.1) is 18.4 Å². The number of ether oxygens (including phenoxy) is 2. The molecule has 0 bridgehead atoms. The highest BCUT2D eigenvalue weighted by molar-refractivity contribution is 5.58. The van der Waals surface area contributed by atoms with Crippen LogP contribution in [0.25, 0.3) is 0 Å². The van der Waals surface area contributed by atoms with Crippen LogP contribution in [0.3, 0.4) is 0 Å². The number of nitrogens with one attached hydrogen (secondary N) is 1. The van der Waals surface area contributed by atoms with Crippen molar-refractivity contribution in [3.05, 3.63) is 23.8 Å². The van der Waals surface area contributed by atoms with Gasteiger partial charge < -0.3 is 14.8 Å². The summed E-state index contributed by atoms with van der Waals surface area (Å²) in [5, 5.41) is 3.62. The van der Waals surface area contributed by atoms with Gasteiger partial charge in [0.25, 0.3) is 0 Å². The van der Waals surface area contributed by atoms with Gasteiger partial charge in [-0.3, -0.25) is 0 Å². The second kappa shape index (κ2) is 6.80. The molecule has 0 aliphatic carbocycles. The van der Waals surface area contributed by atoms with Gasteiger partial charge >= 0.3 is 0 Å². The summed E-state index contributed by atoms with van der Waals surface area (Å²) >= 11 is 0. The van der Waals surface area contributed by atoms with Crippen molar-refractivity contribution in [3.63, 3.8) is 0 Å². The Hall–Kier alpha value is -1.22. The SMILES string of the molecule is CCOc1cc(C)ccc1NC1CCOC(CC)C1. The quantitative estimate of drug-likeness (QED) is 0.877. The Balaban J connectivity index is 2.05. The van der Waals surface area contributed by atoms with E-state index in [0.717, 1.165) is 37.3 Å². The smallest absolute Gasteiger partial charge is 0.142 e. The summed E-state index contributed by atoms with van der Waals surface area (Å²) in [6, 6.07) is 6.83. The fraction of sp³-hybridized carbons (Fsp3) is 0.625. The molecule has 2 unspecified atom stereocenters. The minimum Gasteiger partial charge on any atom is -0.492 e. The summed E-state index contributed by atoms with van der Waals surface area (Å²) in [7, 11) is 0. The lowest BCUT2D eigenvalue weighted by Gasteiger charge is -2.30. The van der Waals surface area contributed by atoms with Crippen molar-refractivity contribution >= 4 is 5.69 Å². The minimum atomic E-state index is 0.396. The summed E-state index contributed by atoms with van der Waals surface area (Å²) in [5.41, 5.74) is 2.33. The monoisotopic (exact) mass is 263 g/mol. The molecule has 3 heteroatoms. The lowest BCUT2D eigenvalue weighted by Crippen LogP contribution is -2.33. The fourth-order valence-corrected chi connectivity index (χ4v) is 2.54. The molecule has 19 heavy (non-hydrogen) atoms. The van der Waals surface area contributed by atoms with E-state index < -0.39 is 0 Å². The molecule has 1 heterocycles. The highest BCUT2D eigenvalue weighted by Crippen LogP contribution is 2.29. The molecule has 106 valence electrons. The Morgan fingerprint density at radius 3 is 2.95 bits per heavy atom. The van der Waals surface area contributed by atoms with E-state index in [2.05, 4.69) is 37.4 Å². The fourth-order valence-electron chi connectivity index (χ4n) is 2.54. The first-order valence-corrected chi connectivity index (χ1v) is 7.34. The molecule has 3 nitrogen and oxygen atoms in total. The zero-order valence-electron chi connectivity index (χ0n) is 12.2. The highest BCUT2D eigenvalue weighted by Gasteiger charge is 2.21. The van der Waals surface area contributed by atoms with E-state index in [1.54, 1.807) is 0 Å². The first-order valence-electron chi connectivity index (χ1n) is 7.34. The maximum absolute atomic E-state index is 5.72. The summed E-state index contributed by atoms with van der Waals surface area (Å²) in [5.74, 6) is 0.960. The number of hydrogen-bond acceptors (Lipinski definition) is 3. The molecular weight excluding hydrogens is 238 g/mol. The summed E-state index contributed by atoms with van der Waals surface area (Å²) in [6.45, 7) is 7.85. The first kappa shape index (κ1) is 14.2. The molecule has 0 aromatic heterocycles. The van der Waals surface area contributed by atoms with E-state index >= 15 is 0 Å².